The molecule has 7 heteroatoms. The van der Waals surface area contributed by atoms with E-state index in [9.17, 15) is 0 Å². The summed E-state index contributed by atoms with van der Waals surface area (Å²) in [5, 5.41) is 9.08. The highest BCUT2D eigenvalue weighted by atomic mass is 79.9. The summed E-state index contributed by atoms with van der Waals surface area (Å²) < 4.78 is 4.06. The van der Waals surface area contributed by atoms with Gasteiger partial charge in [-0.15, -0.1) is 10.2 Å². The lowest BCUT2D eigenvalue weighted by Gasteiger charge is -1.91. The van der Waals surface area contributed by atoms with Gasteiger partial charge in [0, 0.05) is 22.6 Å². The summed E-state index contributed by atoms with van der Waals surface area (Å²) in [5.74, 6) is 0.813. The highest BCUT2D eigenvalue weighted by molar-refractivity contribution is 9.10. The Morgan fingerprint density at radius 2 is 2.22 bits per heavy atom. The number of aryl methyl sites for hydroxylation is 1. The average Bonchev–Trinajstić information content (AvgIpc) is 2.92. The highest BCUT2D eigenvalue weighted by Crippen LogP contribution is 2.25. The van der Waals surface area contributed by atoms with Gasteiger partial charge in [-0.2, -0.15) is 0 Å². The molecular formula is C11H9BrN4S2. The standard InChI is InChI=1S/C11H9BrN4S2/c1-7-14-15-11(18-7)17-6-9-5-16-4-8(12)2-3-10(16)13-9/h2-5H,6H2,1H3. The first-order valence-corrected chi connectivity index (χ1v) is 7.86. The van der Waals surface area contributed by atoms with Gasteiger partial charge < -0.3 is 4.40 Å². The van der Waals surface area contributed by atoms with Gasteiger partial charge in [-0.1, -0.05) is 23.1 Å². The van der Waals surface area contributed by atoms with E-state index in [1.165, 1.54) is 0 Å². The van der Waals surface area contributed by atoms with E-state index in [-0.39, 0.29) is 0 Å². The maximum absolute atomic E-state index is 4.55. The summed E-state index contributed by atoms with van der Waals surface area (Å²) in [6.45, 7) is 1.96. The third-order valence-electron chi connectivity index (χ3n) is 2.32. The summed E-state index contributed by atoms with van der Waals surface area (Å²) >= 11 is 6.74. The summed E-state index contributed by atoms with van der Waals surface area (Å²) in [7, 11) is 0. The van der Waals surface area contributed by atoms with Crippen molar-refractivity contribution in [3.63, 3.8) is 0 Å². The number of aromatic nitrogens is 4. The molecule has 3 rings (SSSR count). The van der Waals surface area contributed by atoms with E-state index in [0.29, 0.717) is 0 Å². The Hall–Kier alpha value is -0.920. The molecule has 0 bridgehead atoms. The second-order valence-corrected chi connectivity index (χ2v) is 7.04. The number of hydrogen-bond donors (Lipinski definition) is 0. The number of nitrogens with zero attached hydrogens (tertiary/aromatic N) is 4. The molecule has 0 radical (unpaired) electrons. The average molecular weight is 341 g/mol. The van der Waals surface area contributed by atoms with Crippen LogP contribution < -0.4 is 0 Å². The first-order valence-electron chi connectivity index (χ1n) is 5.27. The molecule has 3 heterocycles. The molecule has 92 valence electrons. The van der Waals surface area contributed by atoms with Crippen LogP contribution >= 0.6 is 39.0 Å². The smallest absolute Gasteiger partial charge is 0.174 e. The Kier molecular flexibility index (Phi) is 3.36. The van der Waals surface area contributed by atoms with Gasteiger partial charge in [-0.05, 0) is 35.0 Å². The van der Waals surface area contributed by atoms with E-state index in [0.717, 1.165) is 30.9 Å². The highest BCUT2D eigenvalue weighted by Gasteiger charge is 2.05. The summed E-state index contributed by atoms with van der Waals surface area (Å²) in [5.41, 5.74) is 2.01. The van der Waals surface area contributed by atoms with E-state index < -0.39 is 0 Å². The van der Waals surface area contributed by atoms with E-state index in [4.69, 9.17) is 0 Å². The van der Waals surface area contributed by atoms with Crippen LogP contribution in [0.1, 0.15) is 10.7 Å². The van der Waals surface area contributed by atoms with Crippen molar-refractivity contribution in [2.24, 2.45) is 0 Å². The molecule has 0 aromatic carbocycles. The third-order valence-corrected chi connectivity index (χ3v) is 4.79. The Balaban J connectivity index is 1.78. The number of pyridine rings is 1. The number of halogens is 1. The maximum atomic E-state index is 4.55. The van der Waals surface area contributed by atoms with Crippen molar-refractivity contribution in [3.05, 3.63) is 39.7 Å². The van der Waals surface area contributed by atoms with Gasteiger partial charge in [-0.3, -0.25) is 0 Å². The zero-order valence-corrected chi connectivity index (χ0v) is 12.7. The van der Waals surface area contributed by atoms with Crippen LogP contribution in [0.4, 0.5) is 0 Å². The lowest BCUT2D eigenvalue weighted by molar-refractivity contribution is 0.983. The van der Waals surface area contributed by atoms with Gasteiger partial charge in [0.25, 0.3) is 0 Å². The van der Waals surface area contributed by atoms with Crippen LogP contribution in [0, 0.1) is 6.92 Å². The van der Waals surface area contributed by atoms with Gasteiger partial charge >= 0.3 is 0 Å². The number of fused-ring (bicyclic) bond motifs is 1. The van der Waals surface area contributed by atoms with E-state index in [1.54, 1.807) is 23.1 Å². The summed E-state index contributed by atoms with van der Waals surface area (Å²) in [6.07, 6.45) is 4.05. The minimum Gasteiger partial charge on any atom is -0.306 e. The molecule has 0 amide bonds. The van der Waals surface area contributed by atoms with Crippen LogP contribution in [0.3, 0.4) is 0 Å². The molecule has 3 aromatic rings. The predicted molar refractivity (Wildman–Crippen MR) is 77.1 cm³/mol. The molecule has 0 spiro atoms. The Labute approximate surface area is 121 Å². The largest absolute Gasteiger partial charge is 0.306 e. The molecular weight excluding hydrogens is 332 g/mol. The molecule has 3 aromatic heterocycles. The molecule has 0 aliphatic heterocycles. The fraction of sp³-hybridized carbons (Fsp3) is 0.182. The van der Waals surface area contributed by atoms with Crippen molar-refractivity contribution in [2.45, 2.75) is 17.0 Å². The van der Waals surface area contributed by atoms with Crippen LogP contribution in [0.25, 0.3) is 5.65 Å². The summed E-state index contributed by atoms with van der Waals surface area (Å²) in [4.78, 5) is 4.55. The first kappa shape index (κ1) is 12.1. The van der Waals surface area contributed by atoms with Crippen molar-refractivity contribution in [3.8, 4) is 0 Å². The molecule has 0 saturated carbocycles. The molecule has 0 saturated heterocycles. The van der Waals surface area contributed by atoms with Crippen LogP contribution in [-0.4, -0.2) is 19.6 Å². The normalized spacial score (nSPS) is 11.2. The van der Waals surface area contributed by atoms with E-state index >= 15 is 0 Å². The lowest BCUT2D eigenvalue weighted by Crippen LogP contribution is -1.80. The predicted octanol–water partition coefficient (Wildman–Crippen LogP) is 3.55. The van der Waals surface area contributed by atoms with Gasteiger partial charge in [-0.25, -0.2) is 4.98 Å². The van der Waals surface area contributed by atoms with Gasteiger partial charge in [0.1, 0.15) is 10.7 Å². The number of rotatable bonds is 3. The van der Waals surface area contributed by atoms with Crippen molar-refractivity contribution in [2.75, 3.05) is 0 Å². The van der Waals surface area contributed by atoms with Crippen molar-refractivity contribution in [1.82, 2.24) is 19.6 Å². The minimum atomic E-state index is 0.813. The minimum absolute atomic E-state index is 0.813. The van der Waals surface area contributed by atoms with Crippen LogP contribution in [0.5, 0.6) is 0 Å². The molecule has 0 aliphatic rings. The molecule has 0 N–H and O–H groups in total. The molecule has 4 nitrogen and oxygen atoms in total. The topological polar surface area (TPSA) is 43.1 Å². The van der Waals surface area contributed by atoms with Crippen LogP contribution in [-0.2, 0) is 5.75 Å². The molecule has 0 fully saturated rings. The van der Waals surface area contributed by atoms with Gasteiger partial charge in [0.15, 0.2) is 4.34 Å². The monoisotopic (exact) mass is 340 g/mol. The Morgan fingerprint density at radius 1 is 1.33 bits per heavy atom. The van der Waals surface area contributed by atoms with Crippen LogP contribution in [0.15, 0.2) is 33.3 Å². The number of hydrogen-bond acceptors (Lipinski definition) is 5. The second-order valence-electron chi connectivity index (χ2n) is 3.72. The van der Waals surface area contributed by atoms with Gasteiger partial charge in [0.2, 0.25) is 0 Å². The van der Waals surface area contributed by atoms with E-state index in [1.807, 2.05) is 35.9 Å². The first-order chi connectivity index (χ1) is 8.70. The van der Waals surface area contributed by atoms with Crippen molar-refractivity contribution >= 4 is 44.7 Å². The van der Waals surface area contributed by atoms with Crippen molar-refractivity contribution in [1.29, 1.82) is 0 Å². The molecule has 18 heavy (non-hydrogen) atoms. The zero-order valence-electron chi connectivity index (χ0n) is 9.50. The quantitative estimate of drug-likeness (QED) is 0.684. The molecule has 0 unspecified atom stereocenters. The van der Waals surface area contributed by atoms with E-state index in [2.05, 4.69) is 31.1 Å². The SMILES string of the molecule is Cc1nnc(SCc2cn3cc(Br)ccc3n2)s1. The molecule has 0 atom stereocenters. The van der Waals surface area contributed by atoms with Crippen LogP contribution in [0.2, 0.25) is 0 Å². The number of thioether (sulfide) groups is 1. The lowest BCUT2D eigenvalue weighted by atomic mass is 10.5. The number of imidazole rings is 1. The molecule has 0 aliphatic carbocycles. The maximum Gasteiger partial charge on any atom is 0.174 e. The fourth-order valence-electron chi connectivity index (χ4n) is 1.56. The Morgan fingerprint density at radius 3 is 3.00 bits per heavy atom. The fourth-order valence-corrected chi connectivity index (χ4v) is 3.61. The second kappa shape index (κ2) is 4.99. The zero-order chi connectivity index (χ0) is 12.5. The van der Waals surface area contributed by atoms with Gasteiger partial charge in [0.05, 0.1) is 5.69 Å². The summed E-state index contributed by atoms with van der Waals surface area (Å²) in [6, 6.07) is 3.99. The third kappa shape index (κ3) is 2.57. The Bertz CT molecular complexity index is 691. The van der Waals surface area contributed by atoms with Crippen molar-refractivity contribution < 1.29 is 0 Å².